The number of aliphatic hydroxyl groups is 1. The predicted octanol–water partition coefficient (Wildman–Crippen LogP) is 3.91. The molecule has 124 valence electrons. The lowest BCUT2D eigenvalue weighted by Crippen LogP contribution is -2.14. The van der Waals surface area contributed by atoms with Gasteiger partial charge in [-0.05, 0) is 46.7 Å². The molecule has 0 aliphatic carbocycles. The maximum Gasteiger partial charge on any atom is 0.122 e. The molecule has 3 nitrogen and oxygen atoms in total. The van der Waals surface area contributed by atoms with Crippen LogP contribution in [0.1, 0.15) is 47.6 Å². The molecule has 0 aromatic heterocycles. The van der Waals surface area contributed by atoms with Gasteiger partial charge in [-0.2, -0.15) is 0 Å². The fourth-order valence-corrected chi connectivity index (χ4v) is 2.74. The van der Waals surface area contributed by atoms with Crippen LogP contribution >= 0.6 is 0 Å². The summed E-state index contributed by atoms with van der Waals surface area (Å²) in [4.78, 5) is 0. The summed E-state index contributed by atoms with van der Waals surface area (Å²) in [5, 5.41) is 12.7. The quantitative estimate of drug-likeness (QED) is 0.814. The molecule has 3 heteroatoms. The highest BCUT2D eigenvalue weighted by Gasteiger charge is 2.11. The molecule has 0 bridgehead atoms. The van der Waals surface area contributed by atoms with Gasteiger partial charge in [0.05, 0.1) is 13.7 Å². The van der Waals surface area contributed by atoms with Gasteiger partial charge in [0.2, 0.25) is 0 Å². The number of nitrogens with one attached hydrogen (secondary N) is 1. The molecule has 0 unspecified atom stereocenters. The number of methoxy groups -OCH3 is 1. The Labute approximate surface area is 139 Å². The number of hydrogen-bond donors (Lipinski definition) is 2. The highest BCUT2D eigenvalue weighted by atomic mass is 16.5. The van der Waals surface area contributed by atoms with E-state index >= 15 is 0 Å². The Morgan fingerprint density at radius 3 is 2.48 bits per heavy atom. The molecule has 2 rings (SSSR count). The van der Waals surface area contributed by atoms with E-state index in [4.69, 9.17) is 4.74 Å². The molecule has 0 aliphatic heterocycles. The van der Waals surface area contributed by atoms with Gasteiger partial charge in [-0.3, -0.25) is 0 Å². The second kappa shape index (κ2) is 8.14. The molecular weight excluding hydrogens is 286 g/mol. The van der Waals surface area contributed by atoms with E-state index in [1.807, 2.05) is 18.2 Å². The summed E-state index contributed by atoms with van der Waals surface area (Å²) in [6.07, 6.45) is 0. The van der Waals surface area contributed by atoms with E-state index in [1.165, 1.54) is 22.3 Å². The van der Waals surface area contributed by atoms with Crippen molar-refractivity contribution < 1.29 is 9.84 Å². The molecule has 0 saturated carbocycles. The normalized spacial score (nSPS) is 11.0. The summed E-state index contributed by atoms with van der Waals surface area (Å²) in [7, 11) is 1.73. The zero-order chi connectivity index (χ0) is 16.8. The van der Waals surface area contributed by atoms with E-state index in [1.54, 1.807) is 7.11 Å². The first-order chi connectivity index (χ1) is 11.0. The molecule has 0 heterocycles. The van der Waals surface area contributed by atoms with Crippen LogP contribution in [0.3, 0.4) is 0 Å². The fraction of sp³-hybridized carbons (Fsp3) is 0.400. The van der Waals surface area contributed by atoms with Crippen LogP contribution in [0.15, 0.2) is 36.4 Å². The van der Waals surface area contributed by atoms with Gasteiger partial charge in [0, 0.05) is 13.1 Å². The Morgan fingerprint density at radius 1 is 1.09 bits per heavy atom. The lowest BCUT2D eigenvalue weighted by molar-refractivity contribution is 0.281. The van der Waals surface area contributed by atoms with Gasteiger partial charge in [0.25, 0.3) is 0 Å². The van der Waals surface area contributed by atoms with Crippen LogP contribution in [0.2, 0.25) is 0 Å². The van der Waals surface area contributed by atoms with E-state index in [2.05, 4.69) is 44.3 Å². The molecule has 23 heavy (non-hydrogen) atoms. The molecule has 0 spiro atoms. The summed E-state index contributed by atoms with van der Waals surface area (Å²) >= 11 is 0. The SMILES string of the molecule is COc1cc(C)c(CNCc2cccc(CO)c2)cc1C(C)C. The van der Waals surface area contributed by atoms with Gasteiger partial charge < -0.3 is 15.2 Å². The van der Waals surface area contributed by atoms with E-state index in [9.17, 15) is 5.11 Å². The highest BCUT2D eigenvalue weighted by molar-refractivity contribution is 5.44. The van der Waals surface area contributed by atoms with Gasteiger partial charge in [-0.25, -0.2) is 0 Å². The van der Waals surface area contributed by atoms with Crippen LogP contribution in [0.5, 0.6) is 5.75 Å². The monoisotopic (exact) mass is 313 g/mol. The van der Waals surface area contributed by atoms with Crippen LogP contribution in [-0.4, -0.2) is 12.2 Å². The first-order valence-electron chi connectivity index (χ1n) is 8.12. The lowest BCUT2D eigenvalue weighted by Gasteiger charge is -2.16. The van der Waals surface area contributed by atoms with Crippen molar-refractivity contribution >= 4 is 0 Å². The van der Waals surface area contributed by atoms with Crippen molar-refractivity contribution in [1.82, 2.24) is 5.32 Å². The van der Waals surface area contributed by atoms with Crippen molar-refractivity contribution in [3.05, 3.63) is 64.2 Å². The van der Waals surface area contributed by atoms with Crippen LogP contribution in [0.4, 0.5) is 0 Å². The van der Waals surface area contributed by atoms with Gasteiger partial charge >= 0.3 is 0 Å². The Kier molecular flexibility index (Phi) is 6.20. The number of ether oxygens (including phenoxy) is 1. The van der Waals surface area contributed by atoms with Gasteiger partial charge in [0.1, 0.15) is 5.75 Å². The van der Waals surface area contributed by atoms with Crippen LogP contribution in [0, 0.1) is 6.92 Å². The molecule has 0 aliphatic rings. The maximum atomic E-state index is 9.20. The third-order valence-corrected chi connectivity index (χ3v) is 4.13. The zero-order valence-electron chi connectivity index (χ0n) is 14.5. The molecule has 0 fully saturated rings. The van der Waals surface area contributed by atoms with Crippen molar-refractivity contribution in [3.63, 3.8) is 0 Å². The van der Waals surface area contributed by atoms with Crippen molar-refractivity contribution in [2.45, 2.75) is 46.4 Å². The minimum Gasteiger partial charge on any atom is -0.496 e. The molecule has 0 amide bonds. The minimum atomic E-state index is 0.0865. The molecule has 2 aromatic carbocycles. The topological polar surface area (TPSA) is 41.5 Å². The highest BCUT2D eigenvalue weighted by Crippen LogP contribution is 2.29. The van der Waals surface area contributed by atoms with E-state index in [0.717, 1.165) is 24.4 Å². The van der Waals surface area contributed by atoms with Crippen LogP contribution in [-0.2, 0) is 19.7 Å². The average Bonchev–Trinajstić information content (AvgIpc) is 2.55. The number of benzene rings is 2. The summed E-state index contributed by atoms with van der Waals surface area (Å²) in [6.45, 7) is 8.18. The third kappa shape index (κ3) is 4.57. The Balaban J connectivity index is 2.06. The zero-order valence-corrected chi connectivity index (χ0v) is 14.5. The largest absolute Gasteiger partial charge is 0.496 e. The van der Waals surface area contributed by atoms with E-state index in [-0.39, 0.29) is 6.61 Å². The van der Waals surface area contributed by atoms with Crippen LogP contribution < -0.4 is 10.1 Å². The van der Waals surface area contributed by atoms with Crippen molar-refractivity contribution in [2.75, 3.05) is 7.11 Å². The number of aliphatic hydroxyl groups excluding tert-OH is 1. The van der Waals surface area contributed by atoms with Gasteiger partial charge in [-0.15, -0.1) is 0 Å². The summed E-state index contributed by atoms with van der Waals surface area (Å²) < 4.78 is 5.50. The average molecular weight is 313 g/mol. The standard InChI is InChI=1S/C20H27NO2/c1-14(2)19-10-18(15(3)8-20(19)23-4)12-21-11-16-6-5-7-17(9-16)13-22/h5-10,14,21-22H,11-13H2,1-4H3. The second-order valence-electron chi connectivity index (χ2n) is 6.26. The molecule has 0 saturated heterocycles. The van der Waals surface area contributed by atoms with Gasteiger partial charge in [0.15, 0.2) is 0 Å². The Hall–Kier alpha value is -1.84. The lowest BCUT2D eigenvalue weighted by atomic mass is 9.96. The molecule has 2 aromatic rings. The predicted molar refractivity (Wildman–Crippen MR) is 94.7 cm³/mol. The van der Waals surface area contributed by atoms with Crippen molar-refractivity contribution in [3.8, 4) is 5.75 Å². The van der Waals surface area contributed by atoms with Crippen molar-refractivity contribution in [2.24, 2.45) is 0 Å². The smallest absolute Gasteiger partial charge is 0.122 e. The minimum absolute atomic E-state index is 0.0865. The molecule has 0 radical (unpaired) electrons. The van der Waals surface area contributed by atoms with E-state index in [0.29, 0.717) is 5.92 Å². The van der Waals surface area contributed by atoms with Crippen molar-refractivity contribution in [1.29, 1.82) is 0 Å². The first-order valence-corrected chi connectivity index (χ1v) is 8.12. The molecule has 0 atom stereocenters. The summed E-state index contributed by atoms with van der Waals surface area (Å²) in [5.74, 6) is 1.41. The number of rotatable bonds is 7. The Bertz CT molecular complexity index is 650. The third-order valence-electron chi connectivity index (χ3n) is 4.13. The molecule has 2 N–H and O–H groups in total. The fourth-order valence-electron chi connectivity index (χ4n) is 2.74. The van der Waals surface area contributed by atoms with Gasteiger partial charge in [-0.1, -0.05) is 44.2 Å². The first kappa shape index (κ1) is 17.5. The summed E-state index contributed by atoms with van der Waals surface area (Å²) in [6, 6.07) is 12.4. The molecular formula is C20H27NO2. The van der Waals surface area contributed by atoms with Crippen LogP contribution in [0.25, 0.3) is 0 Å². The maximum absolute atomic E-state index is 9.20. The van der Waals surface area contributed by atoms with E-state index < -0.39 is 0 Å². The summed E-state index contributed by atoms with van der Waals surface area (Å²) in [5.41, 5.74) is 5.92. The second-order valence-corrected chi connectivity index (χ2v) is 6.26. The number of hydrogen-bond acceptors (Lipinski definition) is 3. The number of aryl methyl sites for hydroxylation is 1. The Morgan fingerprint density at radius 2 is 1.83 bits per heavy atom.